The molecule has 3 rings (SSSR count). The molecule has 0 bridgehead atoms. The van der Waals surface area contributed by atoms with Crippen LogP contribution >= 0.6 is 0 Å². The van der Waals surface area contributed by atoms with E-state index in [0.29, 0.717) is 17.5 Å². The van der Waals surface area contributed by atoms with E-state index in [-0.39, 0.29) is 0 Å². The second-order valence-corrected chi connectivity index (χ2v) is 7.65. The van der Waals surface area contributed by atoms with E-state index in [2.05, 4.69) is 12.4 Å². The van der Waals surface area contributed by atoms with Crippen LogP contribution in [0.5, 0.6) is 0 Å². The average Bonchev–Trinajstić information content (AvgIpc) is 2.59. The molecule has 0 radical (unpaired) electrons. The second-order valence-electron chi connectivity index (χ2n) is 7.65. The lowest BCUT2D eigenvalue weighted by atomic mass is 9.69. The van der Waals surface area contributed by atoms with Crippen LogP contribution in [0.2, 0.25) is 0 Å². The Balaban J connectivity index is 1.56. The first-order valence-electron chi connectivity index (χ1n) is 9.21. The third kappa shape index (κ3) is 3.76. The molecule has 0 amide bonds. The number of nitrogens with one attached hydrogen (secondary N) is 1. The van der Waals surface area contributed by atoms with Gasteiger partial charge >= 0.3 is 0 Å². The Labute approximate surface area is 138 Å². The fourth-order valence-electron chi connectivity index (χ4n) is 4.79. The quantitative estimate of drug-likeness (QED) is 0.794. The highest BCUT2D eigenvalue weighted by Crippen LogP contribution is 2.43. The Hall–Kier alpha value is -0.960. The monoisotopic (exact) mass is 321 g/mol. The van der Waals surface area contributed by atoms with E-state index in [1.54, 1.807) is 6.92 Å². The van der Waals surface area contributed by atoms with Crippen LogP contribution in [0.15, 0.2) is 12.1 Å². The van der Waals surface area contributed by atoms with E-state index in [4.69, 9.17) is 0 Å². The molecule has 2 aliphatic carbocycles. The van der Waals surface area contributed by atoms with Gasteiger partial charge in [-0.25, -0.2) is 8.78 Å². The first kappa shape index (κ1) is 16.9. The smallest absolute Gasteiger partial charge is 0.161 e. The minimum atomic E-state index is -0.691. The Morgan fingerprint density at radius 1 is 0.870 bits per heavy atom. The lowest BCUT2D eigenvalue weighted by Gasteiger charge is -2.38. The van der Waals surface area contributed by atoms with Crippen LogP contribution in [0.25, 0.3) is 0 Å². The van der Waals surface area contributed by atoms with Gasteiger partial charge in [0, 0.05) is 6.04 Å². The van der Waals surface area contributed by atoms with Gasteiger partial charge in [-0.05, 0) is 100 Å². The molecule has 1 nitrogen and oxygen atoms in total. The summed E-state index contributed by atoms with van der Waals surface area (Å²) in [6, 6.07) is 3.99. The minimum absolute atomic E-state index is 0.411. The minimum Gasteiger partial charge on any atom is -0.317 e. The van der Waals surface area contributed by atoms with Crippen LogP contribution in [-0.2, 0) is 0 Å². The zero-order valence-corrected chi connectivity index (χ0v) is 14.4. The molecule has 0 atom stereocenters. The molecule has 0 aromatic heterocycles. The Morgan fingerprint density at radius 3 is 1.96 bits per heavy atom. The zero-order chi connectivity index (χ0) is 16.4. The number of rotatable bonds is 3. The molecule has 1 N–H and O–H groups in total. The highest BCUT2D eigenvalue weighted by molar-refractivity contribution is 5.28. The van der Waals surface area contributed by atoms with Crippen molar-refractivity contribution in [3.63, 3.8) is 0 Å². The SMILES string of the molecule is CNC1CCC(C2CCC(c3cc(C)c(F)c(F)c3)CC2)CC1. The first-order valence-corrected chi connectivity index (χ1v) is 9.21. The van der Waals surface area contributed by atoms with Crippen molar-refractivity contribution in [2.75, 3.05) is 7.05 Å². The van der Waals surface area contributed by atoms with E-state index < -0.39 is 11.6 Å². The fourth-order valence-corrected chi connectivity index (χ4v) is 4.79. The zero-order valence-electron chi connectivity index (χ0n) is 14.4. The molecule has 0 aliphatic heterocycles. The van der Waals surface area contributed by atoms with E-state index in [1.165, 1.54) is 44.6 Å². The van der Waals surface area contributed by atoms with Crippen molar-refractivity contribution in [2.24, 2.45) is 11.8 Å². The lowest BCUT2D eigenvalue weighted by molar-refractivity contribution is 0.171. The molecule has 2 fully saturated rings. The largest absolute Gasteiger partial charge is 0.317 e. The Kier molecular flexibility index (Phi) is 5.35. The van der Waals surface area contributed by atoms with Crippen molar-refractivity contribution in [1.29, 1.82) is 0 Å². The Morgan fingerprint density at radius 2 is 1.43 bits per heavy atom. The van der Waals surface area contributed by atoms with Crippen molar-refractivity contribution in [2.45, 2.75) is 70.3 Å². The van der Waals surface area contributed by atoms with Crippen LogP contribution in [0.1, 0.15) is 68.4 Å². The van der Waals surface area contributed by atoms with Crippen molar-refractivity contribution in [3.05, 3.63) is 34.9 Å². The van der Waals surface area contributed by atoms with Crippen LogP contribution < -0.4 is 5.32 Å². The summed E-state index contributed by atoms with van der Waals surface area (Å²) in [5, 5.41) is 3.40. The van der Waals surface area contributed by atoms with Gasteiger partial charge in [0.25, 0.3) is 0 Å². The van der Waals surface area contributed by atoms with Gasteiger partial charge in [0.05, 0.1) is 0 Å². The summed E-state index contributed by atoms with van der Waals surface area (Å²) in [6.45, 7) is 1.66. The van der Waals surface area contributed by atoms with Gasteiger partial charge in [-0.1, -0.05) is 6.07 Å². The summed E-state index contributed by atoms with van der Waals surface area (Å²) in [6.07, 6.45) is 10.1. The summed E-state index contributed by atoms with van der Waals surface area (Å²) in [7, 11) is 2.07. The van der Waals surface area contributed by atoms with Gasteiger partial charge in [-0.2, -0.15) is 0 Å². The van der Waals surface area contributed by atoms with Crippen LogP contribution in [0.3, 0.4) is 0 Å². The maximum Gasteiger partial charge on any atom is 0.161 e. The maximum atomic E-state index is 13.7. The molecule has 2 aliphatic rings. The maximum absolute atomic E-state index is 13.7. The predicted octanol–water partition coefficient (Wildman–Crippen LogP) is 5.33. The first-order chi connectivity index (χ1) is 11.1. The van der Waals surface area contributed by atoms with Gasteiger partial charge in [-0.15, -0.1) is 0 Å². The van der Waals surface area contributed by atoms with Gasteiger partial charge in [0.2, 0.25) is 0 Å². The van der Waals surface area contributed by atoms with Gasteiger partial charge in [0.1, 0.15) is 0 Å². The van der Waals surface area contributed by atoms with Gasteiger partial charge in [-0.3, -0.25) is 0 Å². The van der Waals surface area contributed by atoms with E-state index in [1.807, 2.05) is 6.07 Å². The molecule has 0 saturated heterocycles. The summed E-state index contributed by atoms with van der Waals surface area (Å²) < 4.78 is 27.1. The molecule has 0 spiro atoms. The predicted molar refractivity (Wildman–Crippen MR) is 90.6 cm³/mol. The molecule has 0 unspecified atom stereocenters. The second kappa shape index (κ2) is 7.29. The third-order valence-corrected chi connectivity index (χ3v) is 6.32. The van der Waals surface area contributed by atoms with E-state index >= 15 is 0 Å². The van der Waals surface area contributed by atoms with Crippen LogP contribution in [0.4, 0.5) is 8.78 Å². The van der Waals surface area contributed by atoms with Crippen LogP contribution in [0, 0.1) is 30.4 Å². The van der Waals surface area contributed by atoms with E-state index in [0.717, 1.165) is 30.2 Å². The summed E-state index contributed by atoms with van der Waals surface area (Å²) in [5.41, 5.74) is 1.44. The van der Waals surface area contributed by atoms with E-state index in [9.17, 15) is 8.78 Å². The topological polar surface area (TPSA) is 12.0 Å². The summed E-state index contributed by atoms with van der Waals surface area (Å²) in [5.74, 6) is 0.757. The summed E-state index contributed by atoms with van der Waals surface area (Å²) in [4.78, 5) is 0. The highest BCUT2D eigenvalue weighted by Gasteiger charge is 2.31. The van der Waals surface area contributed by atoms with Crippen molar-refractivity contribution >= 4 is 0 Å². The fraction of sp³-hybridized carbons (Fsp3) is 0.700. The molecule has 3 heteroatoms. The number of hydrogen-bond donors (Lipinski definition) is 1. The highest BCUT2D eigenvalue weighted by atomic mass is 19.2. The molecule has 2 saturated carbocycles. The molecule has 1 aromatic rings. The van der Waals surface area contributed by atoms with Crippen LogP contribution in [-0.4, -0.2) is 13.1 Å². The number of aryl methyl sites for hydroxylation is 1. The normalized spacial score (nSPS) is 32.0. The molecular weight excluding hydrogens is 292 g/mol. The molecule has 0 heterocycles. The molecule has 128 valence electrons. The van der Waals surface area contributed by atoms with Crippen molar-refractivity contribution < 1.29 is 8.78 Å². The van der Waals surface area contributed by atoms with Crippen molar-refractivity contribution in [1.82, 2.24) is 5.32 Å². The lowest BCUT2D eigenvalue weighted by Crippen LogP contribution is -2.33. The number of hydrogen-bond acceptors (Lipinski definition) is 1. The standard InChI is InChI=1S/C20H29F2N/c1-13-11-17(12-19(21)20(13)22)16-5-3-14(4-6-16)15-7-9-18(23-2)10-8-15/h11-12,14-16,18,23H,3-10H2,1-2H3. The molecular formula is C20H29F2N. The summed E-state index contributed by atoms with van der Waals surface area (Å²) >= 11 is 0. The van der Waals surface area contributed by atoms with Gasteiger partial charge in [0.15, 0.2) is 11.6 Å². The third-order valence-electron chi connectivity index (χ3n) is 6.32. The van der Waals surface area contributed by atoms with Crippen molar-refractivity contribution in [3.8, 4) is 0 Å². The number of halogens is 2. The number of benzene rings is 1. The van der Waals surface area contributed by atoms with Gasteiger partial charge < -0.3 is 5.32 Å². The molecule has 23 heavy (non-hydrogen) atoms. The average molecular weight is 321 g/mol. The Bertz CT molecular complexity index is 503. The molecule has 1 aromatic carbocycles.